The van der Waals surface area contributed by atoms with Crippen molar-refractivity contribution in [3.8, 4) is 0 Å². The van der Waals surface area contributed by atoms with Gasteiger partial charge in [-0.25, -0.2) is 0 Å². The molecular weight excluding hydrogens is 216 g/mol. The monoisotopic (exact) mass is 248 g/mol. The fourth-order valence-corrected chi connectivity index (χ4v) is 1.14. The van der Waals surface area contributed by atoms with Crippen LogP contribution in [0.1, 0.15) is 53.4 Å². The molecule has 0 aromatic carbocycles. The molecule has 0 bridgehead atoms. The van der Waals surface area contributed by atoms with Crippen LogP contribution in [0.2, 0.25) is 0 Å². The Morgan fingerprint density at radius 3 is 1.47 bits per heavy atom. The molecule has 0 atom stereocenters. The molecule has 3 heteroatoms. The van der Waals surface area contributed by atoms with Crippen LogP contribution >= 0.6 is 0 Å². The van der Waals surface area contributed by atoms with E-state index in [0.29, 0.717) is 26.4 Å². The summed E-state index contributed by atoms with van der Waals surface area (Å²) in [5, 5.41) is 0. The second kappa shape index (κ2) is 21.2. The van der Waals surface area contributed by atoms with Gasteiger partial charge in [0.1, 0.15) is 0 Å². The molecule has 0 heterocycles. The summed E-state index contributed by atoms with van der Waals surface area (Å²) < 4.78 is 16.0. The van der Waals surface area contributed by atoms with E-state index in [1.807, 2.05) is 13.8 Å². The Hall–Kier alpha value is -0.120. The Morgan fingerprint density at radius 2 is 1.00 bits per heavy atom. The average Bonchev–Trinajstić information content (AvgIpc) is 2.38. The van der Waals surface area contributed by atoms with E-state index in [9.17, 15) is 0 Å². The van der Waals surface area contributed by atoms with Gasteiger partial charge in [0.05, 0.1) is 26.4 Å². The fraction of sp³-hybridized carbons (Fsp3) is 1.00. The van der Waals surface area contributed by atoms with E-state index < -0.39 is 0 Å². The molecular formula is C14H32O3. The highest BCUT2D eigenvalue weighted by Crippen LogP contribution is 1.93. The molecule has 0 aromatic rings. The molecule has 106 valence electrons. The molecule has 0 aliphatic heterocycles. The Bertz CT molecular complexity index is 95.6. The molecule has 0 aliphatic rings. The van der Waals surface area contributed by atoms with E-state index in [-0.39, 0.29) is 0 Å². The van der Waals surface area contributed by atoms with E-state index in [4.69, 9.17) is 14.2 Å². The second-order valence-electron chi connectivity index (χ2n) is 3.54. The van der Waals surface area contributed by atoms with Crippen LogP contribution in [0, 0.1) is 0 Å². The lowest BCUT2D eigenvalue weighted by molar-refractivity contribution is 0.0140. The number of hydrogen-bond donors (Lipinski definition) is 0. The van der Waals surface area contributed by atoms with Gasteiger partial charge >= 0.3 is 0 Å². The van der Waals surface area contributed by atoms with Crippen LogP contribution in [0.15, 0.2) is 0 Å². The third kappa shape index (κ3) is 21.7. The first-order chi connectivity index (χ1) is 8.41. The van der Waals surface area contributed by atoms with Crippen molar-refractivity contribution in [3.63, 3.8) is 0 Å². The van der Waals surface area contributed by atoms with Crippen LogP contribution in [0.3, 0.4) is 0 Å². The minimum atomic E-state index is 0.679. The third-order valence-electron chi connectivity index (χ3n) is 1.98. The maximum absolute atomic E-state index is 5.40. The molecule has 0 aliphatic carbocycles. The van der Waals surface area contributed by atoms with Gasteiger partial charge in [-0.3, -0.25) is 0 Å². The molecule has 0 saturated carbocycles. The van der Waals surface area contributed by atoms with Crippen molar-refractivity contribution < 1.29 is 14.2 Å². The van der Waals surface area contributed by atoms with Gasteiger partial charge in [-0.15, -0.1) is 0 Å². The summed E-state index contributed by atoms with van der Waals surface area (Å²) in [7, 11) is 0. The molecule has 0 aromatic heterocycles. The maximum atomic E-state index is 5.40. The van der Waals surface area contributed by atoms with Crippen molar-refractivity contribution in [2.75, 3.05) is 39.6 Å². The Labute approximate surface area is 108 Å². The van der Waals surface area contributed by atoms with Crippen molar-refractivity contribution in [2.45, 2.75) is 53.4 Å². The van der Waals surface area contributed by atoms with Gasteiger partial charge in [0.2, 0.25) is 0 Å². The zero-order valence-corrected chi connectivity index (χ0v) is 12.3. The minimum Gasteiger partial charge on any atom is -0.379 e. The second-order valence-corrected chi connectivity index (χ2v) is 3.54. The summed E-state index contributed by atoms with van der Waals surface area (Å²) in [6.45, 7) is 12.8. The third-order valence-corrected chi connectivity index (χ3v) is 1.98. The average molecular weight is 248 g/mol. The highest BCUT2D eigenvalue weighted by Gasteiger charge is 1.91. The van der Waals surface area contributed by atoms with Crippen LogP contribution in [0.5, 0.6) is 0 Å². The number of rotatable bonds is 12. The number of hydrogen-bond acceptors (Lipinski definition) is 3. The van der Waals surface area contributed by atoms with Crippen LogP contribution in [-0.4, -0.2) is 39.6 Å². The van der Waals surface area contributed by atoms with Crippen LogP contribution in [0.25, 0.3) is 0 Å². The largest absolute Gasteiger partial charge is 0.379 e. The van der Waals surface area contributed by atoms with Crippen molar-refractivity contribution in [1.29, 1.82) is 0 Å². The SMILES string of the molecule is CC.CCCCCOCCOCCOCCC. The molecule has 0 fully saturated rings. The minimum absolute atomic E-state index is 0.679. The predicted octanol–water partition coefficient (Wildman–Crippen LogP) is 3.66. The first-order valence-electron chi connectivity index (χ1n) is 7.15. The van der Waals surface area contributed by atoms with E-state index in [0.717, 1.165) is 26.1 Å². The maximum Gasteiger partial charge on any atom is 0.0701 e. The highest BCUT2D eigenvalue weighted by molar-refractivity contribution is 4.37. The summed E-state index contributed by atoms with van der Waals surface area (Å²) >= 11 is 0. The van der Waals surface area contributed by atoms with Gasteiger partial charge < -0.3 is 14.2 Å². The number of ether oxygens (including phenoxy) is 3. The van der Waals surface area contributed by atoms with E-state index >= 15 is 0 Å². The lowest BCUT2D eigenvalue weighted by Gasteiger charge is -2.05. The Morgan fingerprint density at radius 1 is 0.529 bits per heavy atom. The summed E-state index contributed by atoms with van der Waals surface area (Å²) in [6, 6.07) is 0. The van der Waals surface area contributed by atoms with Crippen LogP contribution in [0.4, 0.5) is 0 Å². The molecule has 0 saturated heterocycles. The topological polar surface area (TPSA) is 27.7 Å². The zero-order valence-electron chi connectivity index (χ0n) is 12.3. The fourth-order valence-electron chi connectivity index (χ4n) is 1.14. The quantitative estimate of drug-likeness (QED) is 0.493. The van der Waals surface area contributed by atoms with Gasteiger partial charge in [-0.05, 0) is 12.8 Å². The molecule has 0 rings (SSSR count). The first-order valence-corrected chi connectivity index (χ1v) is 7.15. The van der Waals surface area contributed by atoms with Gasteiger partial charge in [0, 0.05) is 13.2 Å². The predicted molar refractivity (Wildman–Crippen MR) is 73.6 cm³/mol. The van der Waals surface area contributed by atoms with E-state index in [2.05, 4.69) is 13.8 Å². The van der Waals surface area contributed by atoms with Crippen molar-refractivity contribution in [1.82, 2.24) is 0 Å². The van der Waals surface area contributed by atoms with Crippen LogP contribution in [-0.2, 0) is 14.2 Å². The van der Waals surface area contributed by atoms with E-state index in [1.54, 1.807) is 0 Å². The number of unbranched alkanes of at least 4 members (excludes halogenated alkanes) is 2. The molecule has 17 heavy (non-hydrogen) atoms. The van der Waals surface area contributed by atoms with E-state index in [1.165, 1.54) is 12.8 Å². The Kier molecular flexibility index (Phi) is 24.0. The summed E-state index contributed by atoms with van der Waals surface area (Å²) in [5.74, 6) is 0. The Balaban J connectivity index is 0. The molecule has 0 spiro atoms. The molecule has 0 radical (unpaired) electrons. The zero-order chi connectivity index (χ0) is 13.2. The lowest BCUT2D eigenvalue weighted by Crippen LogP contribution is -2.10. The first kappa shape index (κ1) is 19.2. The molecule has 0 amide bonds. The van der Waals surface area contributed by atoms with Gasteiger partial charge in [-0.2, -0.15) is 0 Å². The molecule has 3 nitrogen and oxygen atoms in total. The van der Waals surface area contributed by atoms with Gasteiger partial charge in [0.15, 0.2) is 0 Å². The summed E-state index contributed by atoms with van der Waals surface area (Å²) in [6.07, 6.45) is 4.73. The van der Waals surface area contributed by atoms with Gasteiger partial charge in [-0.1, -0.05) is 40.5 Å². The summed E-state index contributed by atoms with van der Waals surface area (Å²) in [5.41, 5.74) is 0. The van der Waals surface area contributed by atoms with Crippen molar-refractivity contribution in [2.24, 2.45) is 0 Å². The summed E-state index contributed by atoms with van der Waals surface area (Å²) in [4.78, 5) is 0. The highest BCUT2D eigenvalue weighted by atomic mass is 16.5. The molecule has 0 unspecified atom stereocenters. The smallest absolute Gasteiger partial charge is 0.0701 e. The van der Waals surface area contributed by atoms with Crippen molar-refractivity contribution in [3.05, 3.63) is 0 Å². The lowest BCUT2D eigenvalue weighted by atomic mass is 10.3. The van der Waals surface area contributed by atoms with Crippen LogP contribution < -0.4 is 0 Å². The van der Waals surface area contributed by atoms with Crippen molar-refractivity contribution >= 4 is 0 Å². The molecule has 0 N–H and O–H groups in total. The normalized spacial score (nSPS) is 9.88. The standard InChI is InChI=1S/C12H26O3.C2H6/c1-3-5-6-8-14-10-12-15-11-9-13-7-4-2;1-2/h3-12H2,1-2H3;1-2H3. The van der Waals surface area contributed by atoms with Gasteiger partial charge in [0.25, 0.3) is 0 Å².